The number of carbonyl (C=O) groups is 4. The van der Waals surface area contributed by atoms with Crippen LogP contribution in [-0.4, -0.2) is 84.2 Å². The molecule has 12 nitrogen and oxygen atoms in total. The lowest BCUT2D eigenvalue weighted by atomic mass is 9.82. The average Bonchev–Trinajstić information content (AvgIpc) is 4.05. The summed E-state index contributed by atoms with van der Waals surface area (Å²) in [5.41, 5.74) is -4.24. The standard InChI is InChI=1S/C41H51F4N3O9S/c1-6-55-34-16-25-13-14-46-36(30(25)18-31(34)42)56-27-17-32-33(49)21-40(38(52)47-58(53,54)28-11-12-28)20-26(40)10-8-7-9-23(2)15-24(3)29(37(51)48(32)22-27)19-35(50)57-39(4,5)41(43,44)45/h8,10,13-14,16,18,23-24,26-29,32H,6-7,9,11-12,15,17,19-22H2,1-5H3,(H,47,52)/b10-8-/t23-,24-,26-,27-,29+,32+,40-/m1/s1. The normalized spacial score (nSPS) is 29.1. The second-order valence-corrected chi connectivity index (χ2v) is 18.9. The molecule has 1 saturated heterocycles. The Hall–Kier alpha value is -4.28. The summed E-state index contributed by atoms with van der Waals surface area (Å²) in [6.07, 6.45) is 0.823. The van der Waals surface area contributed by atoms with Gasteiger partial charge in [-0.05, 0) is 101 Å². The fraction of sp³-hybridized carbons (Fsp3) is 0.634. The molecule has 3 heterocycles. The molecule has 7 atom stereocenters. The molecule has 2 saturated carbocycles. The molecule has 6 rings (SSSR count). The van der Waals surface area contributed by atoms with E-state index in [0.29, 0.717) is 42.9 Å². The van der Waals surface area contributed by atoms with Crippen LogP contribution >= 0.6 is 0 Å². The number of ketones is 1. The highest BCUT2D eigenvalue weighted by molar-refractivity contribution is 7.90. The van der Waals surface area contributed by atoms with Crippen molar-refractivity contribution < 1.29 is 59.4 Å². The zero-order chi connectivity index (χ0) is 42.4. The van der Waals surface area contributed by atoms with Crippen molar-refractivity contribution in [3.8, 4) is 11.6 Å². The lowest BCUT2D eigenvalue weighted by Gasteiger charge is -2.33. The molecule has 0 unspecified atom stereocenters. The summed E-state index contributed by atoms with van der Waals surface area (Å²) < 4.78 is 101. The van der Waals surface area contributed by atoms with E-state index in [1.54, 1.807) is 19.9 Å². The number of esters is 1. The van der Waals surface area contributed by atoms with Gasteiger partial charge in [-0.1, -0.05) is 26.0 Å². The van der Waals surface area contributed by atoms with E-state index >= 15 is 4.39 Å². The first-order chi connectivity index (χ1) is 27.2. The van der Waals surface area contributed by atoms with Crippen LogP contribution in [0.3, 0.4) is 0 Å². The van der Waals surface area contributed by atoms with E-state index in [1.165, 1.54) is 23.2 Å². The summed E-state index contributed by atoms with van der Waals surface area (Å²) in [5.74, 6) is -6.10. The lowest BCUT2D eigenvalue weighted by molar-refractivity contribution is -0.257. The number of fused-ring (bicyclic) bond motifs is 3. The molecule has 58 heavy (non-hydrogen) atoms. The molecule has 17 heteroatoms. The molecule has 1 N–H and O–H groups in total. The number of pyridine rings is 1. The number of hydrogen-bond acceptors (Lipinski definition) is 10. The van der Waals surface area contributed by atoms with Crippen LogP contribution < -0.4 is 14.2 Å². The van der Waals surface area contributed by atoms with Gasteiger partial charge in [-0.2, -0.15) is 13.2 Å². The Balaban J connectivity index is 1.35. The van der Waals surface area contributed by atoms with E-state index in [2.05, 4.69) is 9.71 Å². The van der Waals surface area contributed by atoms with Crippen molar-refractivity contribution in [2.75, 3.05) is 13.2 Å². The number of hydrogen-bond donors (Lipinski definition) is 1. The van der Waals surface area contributed by atoms with Gasteiger partial charge in [0.05, 0.1) is 42.2 Å². The third kappa shape index (κ3) is 9.28. The van der Waals surface area contributed by atoms with Gasteiger partial charge in [0.25, 0.3) is 0 Å². The highest BCUT2D eigenvalue weighted by Gasteiger charge is 2.62. The number of halogens is 4. The number of carbonyl (C=O) groups excluding carboxylic acids is 4. The number of Topliss-reactive ketones (excluding diaryl/α,β-unsaturated/α-hetero) is 1. The molecule has 3 fully saturated rings. The summed E-state index contributed by atoms with van der Waals surface area (Å²) in [6.45, 7) is 6.85. The Morgan fingerprint density at radius 3 is 2.48 bits per heavy atom. The van der Waals surface area contributed by atoms with Crippen molar-refractivity contribution >= 4 is 44.4 Å². The first-order valence-corrected chi connectivity index (χ1v) is 21.4. The smallest absolute Gasteiger partial charge is 0.427 e. The number of nitrogens with one attached hydrogen (secondary N) is 1. The van der Waals surface area contributed by atoms with E-state index in [4.69, 9.17) is 14.2 Å². The number of rotatable bonds is 10. The summed E-state index contributed by atoms with van der Waals surface area (Å²) in [6, 6.07) is 3.10. The molecule has 0 radical (unpaired) electrons. The van der Waals surface area contributed by atoms with Gasteiger partial charge in [0.1, 0.15) is 6.10 Å². The molecule has 2 aliphatic carbocycles. The van der Waals surface area contributed by atoms with Crippen LogP contribution in [0, 0.1) is 34.9 Å². The lowest BCUT2D eigenvalue weighted by Crippen LogP contribution is -2.48. The van der Waals surface area contributed by atoms with Gasteiger partial charge in [-0.15, -0.1) is 0 Å². The Labute approximate surface area is 335 Å². The van der Waals surface area contributed by atoms with E-state index in [-0.39, 0.29) is 43.5 Å². The number of sulfonamides is 1. The van der Waals surface area contributed by atoms with Crippen LogP contribution in [0.5, 0.6) is 11.6 Å². The van der Waals surface area contributed by atoms with Crippen molar-refractivity contribution in [3.63, 3.8) is 0 Å². The van der Waals surface area contributed by atoms with Crippen molar-refractivity contribution in [3.05, 3.63) is 42.4 Å². The number of allylic oxidation sites excluding steroid dienone is 2. The first kappa shape index (κ1) is 43.3. The maximum absolute atomic E-state index is 15.1. The predicted molar refractivity (Wildman–Crippen MR) is 203 cm³/mol. The van der Waals surface area contributed by atoms with Crippen LogP contribution in [0.2, 0.25) is 0 Å². The Morgan fingerprint density at radius 2 is 1.81 bits per heavy atom. The summed E-state index contributed by atoms with van der Waals surface area (Å²) in [7, 11) is -3.96. The SMILES string of the molecule is CCOc1cc2ccnc(O[C@@H]3C[C@H]4C(=O)C[C@]5(C(=O)NS(=O)(=O)C6CC6)C[C@H]5/C=C\CC[C@@H](C)C[C@@H](C)[C@H](CC(=O)OC(C)(C)C(F)(F)F)C(=O)N4C3)c2cc1F. The van der Waals surface area contributed by atoms with E-state index < -0.39 is 105 Å². The first-order valence-electron chi connectivity index (χ1n) is 19.9. The van der Waals surface area contributed by atoms with Gasteiger partial charge >= 0.3 is 12.1 Å². The van der Waals surface area contributed by atoms with Crippen LogP contribution in [0.1, 0.15) is 92.4 Å². The highest BCUT2D eigenvalue weighted by atomic mass is 32.2. The maximum atomic E-state index is 15.1. The molecule has 0 bridgehead atoms. The minimum absolute atomic E-state index is 0.00757. The highest BCUT2D eigenvalue weighted by Crippen LogP contribution is 2.57. The third-order valence-electron chi connectivity index (χ3n) is 12.0. The zero-order valence-corrected chi connectivity index (χ0v) is 34.1. The molecular weight excluding hydrogens is 787 g/mol. The fourth-order valence-electron chi connectivity index (χ4n) is 8.21. The number of aromatic nitrogens is 1. The zero-order valence-electron chi connectivity index (χ0n) is 33.3. The molecule has 0 spiro atoms. The van der Waals surface area contributed by atoms with Gasteiger partial charge in [-0.3, -0.25) is 23.9 Å². The second-order valence-electron chi connectivity index (χ2n) is 16.9. The largest absolute Gasteiger partial charge is 0.491 e. The summed E-state index contributed by atoms with van der Waals surface area (Å²) in [4.78, 5) is 62.0. The molecule has 2 aromatic rings. The van der Waals surface area contributed by atoms with Crippen molar-refractivity contribution in [1.29, 1.82) is 0 Å². The van der Waals surface area contributed by atoms with Crippen LogP contribution in [0.25, 0.3) is 10.8 Å². The summed E-state index contributed by atoms with van der Waals surface area (Å²) >= 11 is 0. The van der Waals surface area contributed by atoms with Crippen LogP contribution in [0.4, 0.5) is 17.6 Å². The second kappa shape index (κ2) is 16.4. The summed E-state index contributed by atoms with van der Waals surface area (Å²) in [5, 5.41) is 0.149. The monoisotopic (exact) mass is 837 g/mol. The Bertz CT molecular complexity index is 2070. The van der Waals surface area contributed by atoms with E-state index in [9.17, 15) is 40.8 Å². The minimum atomic E-state index is -4.89. The molecule has 1 aromatic heterocycles. The van der Waals surface area contributed by atoms with Crippen LogP contribution in [-0.2, 0) is 33.9 Å². The van der Waals surface area contributed by atoms with Gasteiger partial charge in [0, 0.05) is 24.4 Å². The van der Waals surface area contributed by atoms with E-state index in [0.717, 1.165) is 13.8 Å². The predicted octanol–water partition coefficient (Wildman–Crippen LogP) is 6.60. The molecule has 318 valence electrons. The van der Waals surface area contributed by atoms with Gasteiger partial charge in [0.2, 0.25) is 33.3 Å². The minimum Gasteiger partial charge on any atom is -0.491 e. The Kier molecular flexibility index (Phi) is 12.2. The topological polar surface area (TPSA) is 158 Å². The number of ether oxygens (including phenoxy) is 3. The average molecular weight is 838 g/mol. The maximum Gasteiger partial charge on any atom is 0.427 e. The number of nitrogens with zero attached hydrogens (tertiary/aromatic N) is 2. The van der Waals surface area contributed by atoms with Crippen molar-refractivity contribution in [2.45, 2.75) is 122 Å². The number of alkyl halides is 3. The fourth-order valence-corrected chi connectivity index (χ4v) is 9.60. The number of amides is 2. The van der Waals surface area contributed by atoms with Gasteiger partial charge < -0.3 is 19.1 Å². The molecule has 2 amide bonds. The molecular formula is C41H51F4N3O9S. The molecule has 4 aliphatic rings. The van der Waals surface area contributed by atoms with E-state index in [1.807, 2.05) is 19.1 Å². The van der Waals surface area contributed by atoms with Gasteiger partial charge in [-0.25, -0.2) is 17.8 Å². The third-order valence-corrected chi connectivity index (χ3v) is 13.8. The van der Waals surface area contributed by atoms with Crippen LogP contribution in [0.15, 0.2) is 36.5 Å². The quantitative estimate of drug-likeness (QED) is 0.157. The molecule has 1 aromatic carbocycles. The number of benzene rings is 1. The Morgan fingerprint density at radius 1 is 1.09 bits per heavy atom. The van der Waals surface area contributed by atoms with Crippen molar-refractivity contribution in [2.24, 2.45) is 29.1 Å². The van der Waals surface area contributed by atoms with Gasteiger partial charge in [0.15, 0.2) is 17.3 Å². The van der Waals surface area contributed by atoms with Crippen molar-refractivity contribution in [1.82, 2.24) is 14.6 Å². The molecule has 2 aliphatic heterocycles.